The van der Waals surface area contributed by atoms with Crippen molar-refractivity contribution in [2.24, 2.45) is 5.92 Å². The van der Waals surface area contributed by atoms with Crippen LogP contribution in [0.1, 0.15) is 23.2 Å². The van der Waals surface area contributed by atoms with Crippen molar-refractivity contribution >= 4 is 23.2 Å². The highest BCUT2D eigenvalue weighted by atomic mass is 16.6. The molecule has 2 saturated heterocycles. The molecule has 7 nitrogen and oxygen atoms in total. The Morgan fingerprint density at radius 2 is 2.00 bits per heavy atom. The number of nitro groups is 1. The zero-order valence-corrected chi connectivity index (χ0v) is 11.0. The summed E-state index contributed by atoms with van der Waals surface area (Å²) in [6.07, 6.45) is 1.31. The predicted octanol–water partition coefficient (Wildman–Crippen LogP) is 0.967. The number of rotatable bonds is 3. The molecule has 2 atom stereocenters. The summed E-state index contributed by atoms with van der Waals surface area (Å²) in [5.41, 5.74) is -0.564. The van der Waals surface area contributed by atoms with Gasteiger partial charge >= 0.3 is 0 Å². The molecule has 0 aromatic heterocycles. The van der Waals surface area contributed by atoms with Gasteiger partial charge in [0.1, 0.15) is 0 Å². The number of para-hydroxylation sites is 1. The minimum absolute atomic E-state index is 0.185. The second-order valence-electron chi connectivity index (χ2n) is 5.16. The third-order valence-electron chi connectivity index (χ3n) is 4.02. The Balaban J connectivity index is 1.98. The summed E-state index contributed by atoms with van der Waals surface area (Å²) in [7, 11) is 0. The maximum Gasteiger partial charge on any atom is 0.280 e. The number of Topliss-reactive ketones (excluding diaryl/α,β-unsaturated/α-hetero) is 2. The second-order valence-corrected chi connectivity index (χ2v) is 5.16. The molecule has 3 rings (SSSR count). The van der Waals surface area contributed by atoms with Gasteiger partial charge in [0.15, 0.2) is 17.5 Å². The monoisotopic (exact) mass is 288 g/mol. The average molecular weight is 288 g/mol. The number of carbonyl (C=O) groups is 3. The fourth-order valence-corrected chi connectivity index (χ4v) is 3.04. The van der Waals surface area contributed by atoms with E-state index in [0.29, 0.717) is 13.0 Å². The number of amides is 1. The van der Waals surface area contributed by atoms with Gasteiger partial charge in [-0.25, -0.2) is 0 Å². The first-order valence-electron chi connectivity index (χ1n) is 6.64. The Hall–Kier alpha value is -2.57. The Labute approximate surface area is 119 Å². The van der Waals surface area contributed by atoms with Crippen LogP contribution in [0.5, 0.6) is 0 Å². The van der Waals surface area contributed by atoms with Gasteiger partial charge in [-0.15, -0.1) is 0 Å². The summed E-state index contributed by atoms with van der Waals surface area (Å²) in [5, 5.41) is 11.0. The van der Waals surface area contributed by atoms with Gasteiger partial charge in [0.25, 0.3) is 5.69 Å². The first-order valence-corrected chi connectivity index (χ1v) is 6.64. The number of hydrogen-bond acceptors (Lipinski definition) is 5. The normalized spacial score (nSPS) is 24.3. The molecule has 2 unspecified atom stereocenters. The van der Waals surface area contributed by atoms with Crippen LogP contribution < -0.4 is 0 Å². The topological polar surface area (TPSA) is 97.6 Å². The molecule has 0 radical (unpaired) electrons. The SMILES string of the molecule is O=C(c1ccccc1[N+](=O)[O-])C1C(=O)C2CCCN2C1=O. The van der Waals surface area contributed by atoms with Gasteiger partial charge in [0.2, 0.25) is 5.91 Å². The standard InChI is InChI=1S/C14H12N2O5/c17-12(8-4-1-2-5-9(8)16(20)21)11-13(18)10-6-3-7-15(10)14(11)19/h1-2,4-5,10-11H,3,6-7H2. The molecule has 108 valence electrons. The Bertz CT molecular complexity index is 647. The van der Waals surface area contributed by atoms with Crippen molar-refractivity contribution in [1.29, 1.82) is 0 Å². The van der Waals surface area contributed by atoms with E-state index in [0.717, 1.165) is 6.42 Å². The summed E-state index contributed by atoms with van der Waals surface area (Å²) in [4.78, 5) is 48.6. The van der Waals surface area contributed by atoms with Crippen molar-refractivity contribution in [1.82, 2.24) is 4.90 Å². The quantitative estimate of drug-likeness (QED) is 0.357. The second kappa shape index (κ2) is 4.76. The zero-order chi connectivity index (χ0) is 15.1. The van der Waals surface area contributed by atoms with Crippen LogP contribution in [0.3, 0.4) is 0 Å². The minimum Gasteiger partial charge on any atom is -0.332 e. The molecule has 0 aliphatic carbocycles. The van der Waals surface area contributed by atoms with Gasteiger partial charge in [-0.1, -0.05) is 12.1 Å². The van der Waals surface area contributed by atoms with E-state index in [-0.39, 0.29) is 11.3 Å². The number of benzene rings is 1. The molecular formula is C14H12N2O5. The fourth-order valence-electron chi connectivity index (χ4n) is 3.04. The van der Waals surface area contributed by atoms with Crippen LogP contribution in [0.2, 0.25) is 0 Å². The molecule has 0 saturated carbocycles. The van der Waals surface area contributed by atoms with Crippen molar-refractivity contribution in [2.45, 2.75) is 18.9 Å². The molecule has 7 heteroatoms. The van der Waals surface area contributed by atoms with Crippen LogP contribution >= 0.6 is 0 Å². The van der Waals surface area contributed by atoms with Crippen molar-refractivity contribution in [3.8, 4) is 0 Å². The van der Waals surface area contributed by atoms with Crippen molar-refractivity contribution in [3.05, 3.63) is 39.9 Å². The number of nitro benzene ring substituents is 1. The highest BCUT2D eigenvalue weighted by Crippen LogP contribution is 2.33. The number of fused-ring (bicyclic) bond motifs is 1. The molecule has 1 amide bonds. The van der Waals surface area contributed by atoms with Crippen molar-refractivity contribution < 1.29 is 19.3 Å². The van der Waals surface area contributed by atoms with Crippen LogP contribution in [0, 0.1) is 16.0 Å². The number of ketones is 2. The van der Waals surface area contributed by atoms with Crippen LogP contribution in [-0.2, 0) is 9.59 Å². The molecule has 2 fully saturated rings. The average Bonchev–Trinajstić information content (AvgIpc) is 3.03. The van der Waals surface area contributed by atoms with Crippen molar-refractivity contribution in [2.75, 3.05) is 6.54 Å². The first-order chi connectivity index (χ1) is 10.0. The fraction of sp³-hybridized carbons (Fsp3) is 0.357. The molecular weight excluding hydrogens is 276 g/mol. The lowest BCUT2D eigenvalue weighted by Crippen LogP contribution is -2.31. The van der Waals surface area contributed by atoms with Gasteiger partial charge < -0.3 is 4.90 Å². The van der Waals surface area contributed by atoms with E-state index in [9.17, 15) is 24.5 Å². The van der Waals surface area contributed by atoms with Gasteiger partial charge in [0.05, 0.1) is 16.5 Å². The lowest BCUT2D eigenvalue weighted by atomic mass is 9.91. The molecule has 21 heavy (non-hydrogen) atoms. The third kappa shape index (κ3) is 1.93. The van der Waals surface area contributed by atoms with E-state index in [1.807, 2.05) is 0 Å². The first kappa shape index (κ1) is 13.4. The van der Waals surface area contributed by atoms with Gasteiger partial charge in [-0.05, 0) is 18.9 Å². The Morgan fingerprint density at radius 1 is 1.29 bits per heavy atom. The maximum atomic E-state index is 12.5. The summed E-state index contributed by atoms with van der Waals surface area (Å²) < 4.78 is 0. The summed E-state index contributed by atoms with van der Waals surface area (Å²) in [5.74, 6) is -3.14. The van der Waals surface area contributed by atoms with Crippen LogP contribution in [0.4, 0.5) is 5.69 Å². The molecule has 0 N–H and O–H groups in total. The van der Waals surface area contributed by atoms with Crippen LogP contribution in [0.15, 0.2) is 24.3 Å². The molecule has 2 heterocycles. The lowest BCUT2D eigenvalue weighted by molar-refractivity contribution is -0.385. The number of carbonyl (C=O) groups excluding carboxylic acids is 3. The molecule has 0 spiro atoms. The van der Waals surface area contributed by atoms with E-state index >= 15 is 0 Å². The minimum atomic E-state index is -1.42. The molecule has 2 aliphatic heterocycles. The number of nitrogens with zero attached hydrogens (tertiary/aromatic N) is 2. The van der Waals surface area contributed by atoms with Crippen LogP contribution in [0.25, 0.3) is 0 Å². The lowest BCUT2D eigenvalue weighted by Gasteiger charge is -2.12. The van der Waals surface area contributed by atoms with Gasteiger partial charge in [0, 0.05) is 12.6 Å². The summed E-state index contributed by atoms with van der Waals surface area (Å²) >= 11 is 0. The Morgan fingerprint density at radius 3 is 2.67 bits per heavy atom. The van der Waals surface area contributed by atoms with Crippen LogP contribution in [-0.4, -0.2) is 39.9 Å². The van der Waals surface area contributed by atoms with E-state index in [2.05, 4.69) is 0 Å². The molecule has 0 bridgehead atoms. The molecule has 1 aromatic rings. The number of hydrogen-bond donors (Lipinski definition) is 0. The Kier molecular flexibility index (Phi) is 3.04. The highest BCUT2D eigenvalue weighted by molar-refractivity contribution is 6.29. The summed E-state index contributed by atoms with van der Waals surface area (Å²) in [6, 6.07) is 4.86. The summed E-state index contributed by atoms with van der Waals surface area (Å²) in [6.45, 7) is 0.468. The van der Waals surface area contributed by atoms with Crippen molar-refractivity contribution in [3.63, 3.8) is 0 Å². The molecule has 1 aromatic carbocycles. The van der Waals surface area contributed by atoms with Gasteiger partial charge in [-0.3, -0.25) is 24.5 Å². The third-order valence-corrected chi connectivity index (χ3v) is 4.02. The zero-order valence-electron chi connectivity index (χ0n) is 11.0. The predicted molar refractivity (Wildman–Crippen MR) is 70.7 cm³/mol. The smallest absolute Gasteiger partial charge is 0.280 e. The van der Waals surface area contributed by atoms with E-state index in [1.165, 1.54) is 29.2 Å². The largest absolute Gasteiger partial charge is 0.332 e. The molecule has 2 aliphatic rings. The van der Waals surface area contributed by atoms with E-state index < -0.39 is 34.4 Å². The van der Waals surface area contributed by atoms with E-state index in [1.54, 1.807) is 0 Å². The van der Waals surface area contributed by atoms with E-state index in [4.69, 9.17) is 0 Å². The maximum absolute atomic E-state index is 12.5. The van der Waals surface area contributed by atoms with Gasteiger partial charge in [-0.2, -0.15) is 0 Å². The highest BCUT2D eigenvalue weighted by Gasteiger charge is 2.53.